The molecule has 6 atom stereocenters. The summed E-state index contributed by atoms with van der Waals surface area (Å²) >= 11 is 14.9. The standard InChI is InChI=1S/C42H34Cl2IN3O7/c1-54-27-12-5-23(6-13-27)42-31(16-3-22-4-18-35(49)36(19-22)55-2)28-14-15-29-37(40(52)47(38(29)50)26-10-8-25(45)9-11-26)30(28)21-32(42)39(51)48(41(42)53)46-34-17-7-24(43)20-33(34)44/h3-14,16-20,29-32,37,46,49H,15,21H2,1-2H3/t29-,30+,31-,32-,37-,42-/m0/s1. The van der Waals surface area contributed by atoms with E-state index in [0.717, 1.165) is 14.2 Å². The number of halogens is 3. The smallest absolute Gasteiger partial charge is 0.260 e. The minimum atomic E-state index is -1.50. The number of amides is 4. The van der Waals surface area contributed by atoms with Crippen LogP contribution in [0.25, 0.3) is 6.08 Å². The van der Waals surface area contributed by atoms with Crippen LogP contribution in [0, 0.1) is 33.2 Å². The number of methoxy groups -OCH3 is 2. The average Bonchev–Trinajstić information content (AvgIpc) is 3.56. The van der Waals surface area contributed by atoms with Crippen molar-refractivity contribution in [2.24, 2.45) is 29.6 Å². The molecule has 2 heterocycles. The van der Waals surface area contributed by atoms with Crippen molar-refractivity contribution in [2.75, 3.05) is 24.5 Å². The number of benzene rings is 4. The molecule has 0 unspecified atom stereocenters. The summed E-state index contributed by atoms with van der Waals surface area (Å²) in [6.45, 7) is 0. The van der Waals surface area contributed by atoms with E-state index in [9.17, 15) is 19.5 Å². The summed E-state index contributed by atoms with van der Waals surface area (Å²) in [6, 6.07) is 24.0. The van der Waals surface area contributed by atoms with Crippen LogP contribution in [0.4, 0.5) is 11.4 Å². The molecule has 10 nitrogen and oxygen atoms in total. The molecule has 4 aliphatic rings. The summed E-state index contributed by atoms with van der Waals surface area (Å²) in [5, 5.41) is 11.9. The molecule has 1 saturated carbocycles. The highest BCUT2D eigenvalue weighted by Crippen LogP contribution is 2.62. The van der Waals surface area contributed by atoms with E-state index in [1.165, 1.54) is 24.1 Å². The van der Waals surface area contributed by atoms with Crippen LogP contribution in [0.1, 0.15) is 24.0 Å². The third-order valence-corrected chi connectivity index (χ3v) is 12.7. The van der Waals surface area contributed by atoms with Crippen molar-refractivity contribution in [3.63, 3.8) is 0 Å². The molecular formula is C42H34Cl2IN3O7. The van der Waals surface area contributed by atoms with Crippen LogP contribution in [0.3, 0.4) is 0 Å². The quantitative estimate of drug-likeness (QED) is 0.104. The van der Waals surface area contributed by atoms with Gasteiger partial charge in [0.05, 0.1) is 53.8 Å². The van der Waals surface area contributed by atoms with E-state index >= 15 is 4.79 Å². The molecule has 8 rings (SSSR count). The summed E-state index contributed by atoms with van der Waals surface area (Å²) in [7, 11) is 3.00. The Balaban J connectivity index is 1.31. The number of nitrogens with zero attached hydrogens (tertiary/aromatic N) is 2. The Morgan fingerprint density at radius 3 is 2.31 bits per heavy atom. The van der Waals surface area contributed by atoms with Crippen LogP contribution in [-0.4, -0.2) is 48.0 Å². The number of anilines is 2. The first-order valence-electron chi connectivity index (χ1n) is 17.6. The van der Waals surface area contributed by atoms with Crippen molar-refractivity contribution in [1.29, 1.82) is 0 Å². The third-order valence-electron chi connectivity index (χ3n) is 11.4. The van der Waals surface area contributed by atoms with Gasteiger partial charge in [-0.1, -0.05) is 65.2 Å². The lowest BCUT2D eigenvalue weighted by molar-refractivity contribution is -0.139. The molecule has 3 fully saturated rings. The maximum absolute atomic E-state index is 15.4. The maximum Gasteiger partial charge on any atom is 0.260 e. The summed E-state index contributed by atoms with van der Waals surface area (Å²) in [5.41, 5.74) is 4.36. The molecule has 55 heavy (non-hydrogen) atoms. The second-order valence-corrected chi connectivity index (χ2v) is 16.1. The van der Waals surface area contributed by atoms with Gasteiger partial charge in [-0.2, -0.15) is 5.01 Å². The Morgan fingerprint density at radius 2 is 1.62 bits per heavy atom. The first kappa shape index (κ1) is 37.1. The Morgan fingerprint density at radius 1 is 0.873 bits per heavy atom. The van der Waals surface area contributed by atoms with Gasteiger partial charge in [0.15, 0.2) is 11.5 Å². The summed E-state index contributed by atoms with van der Waals surface area (Å²) in [6.07, 6.45) is 6.13. The van der Waals surface area contributed by atoms with Gasteiger partial charge < -0.3 is 14.6 Å². The van der Waals surface area contributed by atoms with Gasteiger partial charge in [-0.25, -0.2) is 0 Å². The van der Waals surface area contributed by atoms with E-state index < -0.39 is 46.8 Å². The first-order valence-corrected chi connectivity index (χ1v) is 19.4. The van der Waals surface area contributed by atoms with Gasteiger partial charge in [-0.05, 0) is 119 Å². The lowest BCUT2D eigenvalue weighted by Crippen LogP contribution is -2.54. The first-order chi connectivity index (χ1) is 26.5. The van der Waals surface area contributed by atoms with Gasteiger partial charge >= 0.3 is 0 Å². The predicted octanol–water partition coefficient (Wildman–Crippen LogP) is 8.06. The molecule has 13 heteroatoms. The van der Waals surface area contributed by atoms with Crippen molar-refractivity contribution < 1.29 is 33.8 Å². The molecule has 0 aromatic heterocycles. The number of hydrogen-bond donors (Lipinski definition) is 2. The van der Waals surface area contributed by atoms with Crippen LogP contribution < -0.4 is 19.8 Å². The largest absolute Gasteiger partial charge is 0.504 e. The molecule has 2 aliphatic carbocycles. The number of aromatic hydroxyl groups is 1. The number of ether oxygens (including phenoxy) is 2. The number of carbonyl (C=O) groups is 4. The van der Waals surface area contributed by atoms with Crippen LogP contribution in [0.2, 0.25) is 10.0 Å². The van der Waals surface area contributed by atoms with Gasteiger partial charge in [0, 0.05) is 14.5 Å². The molecule has 4 aromatic rings. The number of phenolic OH excluding ortho intramolecular Hbond substituents is 1. The number of carbonyl (C=O) groups excluding carboxylic acids is 4. The van der Waals surface area contributed by atoms with Crippen molar-refractivity contribution in [3.05, 3.63) is 127 Å². The highest BCUT2D eigenvalue weighted by molar-refractivity contribution is 14.1. The second kappa shape index (κ2) is 14.3. The lowest BCUT2D eigenvalue weighted by atomic mass is 9.50. The number of hydrogen-bond acceptors (Lipinski definition) is 8. The second-order valence-electron chi connectivity index (χ2n) is 14.0. The van der Waals surface area contributed by atoms with Crippen molar-refractivity contribution in [3.8, 4) is 17.2 Å². The number of phenols is 1. The minimum absolute atomic E-state index is 0.0329. The fraction of sp³-hybridized carbons (Fsp3) is 0.238. The Labute approximate surface area is 340 Å². The van der Waals surface area contributed by atoms with E-state index in [0.29, 0.717) is 33.3 Å². The fourth-order valence-electron chi connectivity index (χ4n) is 8.94. The number of rotatable bonds is 8. The van der Waals surface area contributed by atoms with Gasteiger partial charge in [-0.3, -0.25) is 29.5 Å². The summed E-state index contributed by atoms with van der Waals surface area (Å²) in [4.78, 5) is 60.1. The Bertz CT molecular complexity index is 2310. The molecule has 0 radical (unpaired) electrons. The van der Waals surface area contributed by atoms with E-state index in [1.807, 2.05) is 30.4 Å². The van der Waals surface area contributed by atoms with Gasteiger partial charge in [0.2, 0.25) is 11.8 Å². The monoisotopic (exact) mass is 889 g/mol. The van der Waals surface area contributed by atoms with Gasteiger partial charge in [0.1, 0.15) is 5.75 Å². The van der Waals surface area contributed by atoms with Crippen LogP contribution in [-0.2, 0) is 24.6 Å². The molecule has 2 aliphatic heterocycles. The number of nitrogens with one attached hydrogen (secondary N) is 1. The zero-order chi connectivity index (χ0) is 38.8. The molecule has 2 N–H and O–H groups in total. The SMILES string of the molecule is COc1ccc([C@@]23C(=O)N(Nc4ccc(Cl)cc4Cl)C(=O)[C@@H]2C[C@@H]2C(=CC[C@@H]4C(=O)N(c5ccc(I)cc5)C(=O)[C@@H]42)[C@@H]3C=Cc2ccc(O)c(OC)c2)cc1. The lowest BCUT2D eigenvalue weighted by Gasteiger charge is -2.49. The van der Waals surface area contributed by atoms with Crippen molar-refractivity contribution in [2.45, 2.75) is 18.3 Å². The molecular weight excluding hydrogens is 856 g/mol. The zero-order valence-corrected chi connectivity index (χ0v) is 33.2. The topological polar surface area (TPSA) is 125 Å². The van der Waals surface area contributed by atoms with Crippen LogP contribution in [0.5, 0.6) is 17.2 Å². The van der Waals surface area contributed by atoms with Crippen LogP contribution >= 0.6 is 45.8 Å². The highest BCUT2D eigenvalue weighted by Gasteiger charge is 2.69. The van der Waals surface area contributed by atoms with Crippen molar-refractivity contribution >= 4 is 86.9 Å². The van der Waals surface area contributed by atoms with E-state index in [-0.39, 0.29) is 41.2 Å². The molecule has 280 valence electrons. The molecule has 2 saturated heterocycles. The fourth-order valence-corrected chi connectivity index (χ4v) is 9.75. The molecule has 0 bridgehead atoms. The summed E-state index contributed by atoms with van der Waals surface area (Å²) in [5.74, 6) is -4.46. The number of hydrazine groups is 1. The number of imide groups is 2. The van der Waals surface area contributed by atoms with Crippen LogP contribution in [0.15, 0.2) is 103 Å². The highest BCUT2D eigenvalue weighted by atomic mass is 127. The normalized spacial score (nSPS) is 25.8. The number of fused-ring (bicyclic) bond motifs is 4. The van der Waals surface area contributed by atoms with E-state index in [1.54, 1.807) is 67.8 Å². The maximum atomic E-state index is 15.4. The van der Waals surface area contributed by atoms with Gasteiger partial charge in [0.25, 0.3) is 11.8 Å². The minimum Gasteiger partial charge on any atom is -0.504 e. The van der Waals surface area contributed by atoms with Crippen molar-refractivity contribution in [1.82, 2.24) is 5.01 Å². The zero-order valence-electron chi connectivity index (χ0n) is 29.5. The third kappa shape index (κ3) is 5.98. The predicted molar refractivity (Wildman–Crippen MR) is 217 cm³/mol. The van der Waals surface area contributed by atoms with E-state index in [2.05, 4.69) is 28.0 Å². The van der Waals surface area contributed by atoms with Gasteiger partial charge in [-0.15, -0.1) is 0 Å². The molecule has 0 spiro atoms. The Kier molecular flexibility index (Phi) is 9.67. The molecule has 4 amide bonds. The number of allylic oxidation sites excluding steroid dienone is 3. The van der Waals surface area contributed by atoms with E-state index in [4.69, 9.17) is 32.7 Å². The Hall–Kier alpha value is -4.85. The summed E-state index contributed by atoms with van der Waals surface area (Å²) < 4.78 is 11.8. The average molecular weight is 891 g/mol. The molecule has 4 aromatic carbocycles.